The van der Waals surface area contributed by atoms with Gasteiger partial charge in [-0.3, -0.25) is 4.98 Å². The molecule has 17 heavy (non-hydrogen) atoms. The summed E-state index contributed by atoms with van der Waals surface area (Å²) in [6, 6.07) is 9.98. The van der Waals surface area contributed by atoms with E-state index >= 15 is 0 Å². The van der Waals surface area contributed by atoms with Gasteiger partial charge in [0.05, 0.1) is 0 Å². The van der Waals surface area contributed by atoms with Gasteiger partial charge >= 0.3 is 0 Å². The second-order valence-corrected chi connectivity index (χ2v) is 4.72. The average molecular weight is 295 g/mol. The fourth-order valence-corrected chi connectivity index (χ4v) is 1.87. The molecule has 0 spiro atoms. The minimum Gasteiger partial charge on any atom is -0.324 e. The maximum Gasteiger partial charge on any atom is 0.127 e. The van der Waals surface area contributed by atoms with E-state index in [1.807, 2.05) is 12.1 Å². The smallest absolute Gasteiger partial charge is 0.127 e. The molecule has 1 heterocycles. The molecule has 1 aromatic carbocycles. The van der Waals surface area contributed by atoms with Gasteiger partial charge in [-0.25, -0.2) is 4.39 Å². The van der Waals surface area contributed by atoms with Crippen molar-refractivity contribution < 1.29 is 4.39 Å². The lowest BCUT2D eigenvalue weighted by Crippen LogP contribution is -2.15. The Morgan fingerprint density at radius 1 is 1.24 bits per heavy atom. The maximum atomic E-state index is 13.5. The molecular weight excluding hydrogens is 283 g/mol. The molecule has 0 amide bonds. The molecule has 0 aliphatic carbocycles. The highest BCUT2D eigenvalue weighted by atomic mass is 79.9. The number of benzene rings is 1. The first-order chi connectivity index (χ1) is 8.16. The molecule has 0 bridgehead atoms. The predicted octanol–water partition coefficient (Wildman–Crippen LogP) is 3.23. The number of pyridine rings is 1. The Labute approximate surface area is 108 Å². The quantitative estimate of drug-likeness (QED) is 0.944. The number of rotatable bonds is 3. The number of hydrogen-bond donors (Lipinski definition) is 1. The van der Waals surface area contributed by atoms with Crippen LogP contribution in [0.3, 0.4) is 0 Å². The Bertz CT molecular complexity index is 499. The molecule has 2 N–H and O–H groups in total. The largest absolute Gasteiger partial charge is 0.324 e. The molecule has 4 heteroatoms. The van der Waals surface area contributed by atoms with Gasteiger partial charge < -0.3 is 5.73 Å². The van der Waals surface area contributed by atoms with Gasteiger partial charge in [-0.05, 0) is 34.1 Å². The Balaban J connectivity index is 2.14. The summed E-state index contributed by atoms with van der Waals surface area (Å²) in [4.78, 5) is 4.22. The van der Waals surface area contributed by atoms with E-state index in [9.17, 15) is 4.39 Å². The van der Waals surface area contributed by atoms with Crippen molar-refractivity contribution in [2.75, 3.05) is 0 Å². The van der Waals surface area contributed by atoms with Crippen LogP contribution >= 0.6 is 15.9 Å². The van der Waals surface area contributed by atoms with E-state index in [1.165, 1.54) is 6.07 Å². The first kappa shape index (κ1) is 12.2. The van der Waals surface area contributed by atoms with Gasteiger partial charge in [-0.2, -0.15) is 0 Å². The summed E-state index contributed by atoms with van der Waals surface area (Å²) < 4.78 is 14.4. The lowest BCUT2D eigenvalue weighted by molar-refractivity contribution is 0.578. The molecule has 1 atom stereocenters. The van der Waals surface area contributed by atoms with Crippen molar-refractivity contribution >= 4 is 15.9 Å². The predicted molar refractivity (Wildman–Crippen MR) is 69.0 cm³/mol. The van der Waals surface area contributed by atoms with E-state index in [4.69, 9.17) is 5.73 Å². The van der Waals surface area contributed by atoms with Gasteiger partial charge in [0.2, 0.25) is 0 Å². The van der Waals surface area contributed by atoms with Crippen molar-refractivity contribution in [1.82, 2.24) is 4.98 Å². The second-order valence-electron chi connectivity index (χ2n) is 3.80. The average Bonchev–Trinajstić information content (AvgIpc) is 2.32. The van der Waals surface area contributed by atoms with Crippen LogP contribution in [0.2, 0.25) is 0 Å². The fraction of sp³-hybridized carbons (Fsp3) is 0.154. The van der Waals surface area contributed by atoms with Crippen molar-refractivity contribution in [2.45, 2.75) is 12.5 Å². The van der Waals surface area contributed by atoms with E-state index in [0.29, 0.717) is 12.0 Å². The minimum atomic E-state index is -0.370. The van der Waals surface area contributed by atoms with Gasteiger partial charge in [0.15, 0.2) is 0 Å². The van der Waals surface area contributed by atoms with Crippen LogP contribution in [-0.4, -0.2) is 4.98 Å². The molecule has 0 fully saturated rings. The van der Waals surface area contributed by atoms with Gasteiger partial charge in [-0.1, -0.05) is 18.2 Å². The molecule has 0 saturated carbocycles. The zero-order valence-electron chi connectivity index (χ0n) is 9.11. The summed E-state index contributed by atoms with van der Waals surface area (Å²) >= 11 is 3.31. The molecule has 0 radical (unpaired) electrons. The SMILES string of the molecule is NC(Cc1ccc(Br)cn1)c1ccccc1F. The molecule has 2 nitrogen and oxygen atoms in total. The van der Waals surface area contributed by atoms with Crippen LogP contribution in [0.5, 0.6) is 0 Å². The van der Waals surface area contributed by atoms with Gasteiger partial charge in [0.25, 0.3) is 0 Å². The summed E-state index contributed by atoms with van der Waals surface area (Å²) in [6.07, 6.45) is 2.23. The van der Waals surface area contributed by atoms with Crippen molar-refractivity contribution in [3.63, 3.8) is 0 Å². The van der Waals surface area contributed by atoms with Gasteiger partial charge in [0, 0.05) is 34.4 Å². The maximum absolute atomic E-state index is 13.5. The summed E-state index contributed by atoms with van der Waals surface area (Å²) in [7, 11) is 0. The Kier molecular flexibility index (Phi) is 3.86. The standard InChI is InChI=1S/C13H12BrFN2/c14-9-5-6-10(17-8-9)7-13(16)11-3-1-2-4-12(11)15/h1-6,8,13H,7,16H2. The third-order valence-corrected chi connectivity index (χ3v) is 2.99. The molecule has 1 aromatic heterocycles. The van der Waals surface area contributed by atoms with E-state index in [0.717, 1.165) is 10.2 Å². The highest BCUT2D eigenvalue weighted by Crippen LogP contribution is 2.18. The van der Waals surface area contributed by atoms with Crippen molar-refractivity contribution in [3.8, 4) is 0 Å². The zero-order valence-corrected chi connectivity index (χ0v) is 10.7. The number of nitrogens with two attached hydrogens (primary N) is 1. The van der Waals surface area contributed by atoms with Crippen LogP contribution < -0.4 is 5.73 Å². The number of hydrogen-bond acceptors (Lipinski definition) is 2. The van der Waals surface area contributed by atoms with Crippen LogP contribution in [0.25, 0.3) is 0 Å². The van der Waals surface area contributed by atoms with Crippen LogP contribution in [0, 0.1) is 5.82 Å². The third-order valence-electron chi connectivity index (χ3n) is 2.52. The Morgan fingerprint density at radius 2 is 2.00 bits per heavy atom. The second kappa shape index (κ2) is 5.38. The number of aromatic nitrogens is 1. The van der Waals surface area contributed by atoms with Gasteiger partial charge in [0.1, 0.15) is 5.82 Å². The highest BCUT2D eigenvalue weighted by molar-refractivity contribution is 9.10. The summed E-state index contributed by atoms with van der Waals surface area (Å²) in [5.74, 6) is -0.267. The summed E-state index contributed by atoms with van der Waals surface area (Å²) in [5.41, 5.74) is 7.35. The molecule has 0 saturated heterocycles. The number of halogens is 2. The van der Waals surface area contributed by atoms with Crippen molar-refractivity contribution in [1.29, 1.82) is 0 Å². The third kappa shape index (κ3) is 3.11. The fourth-order valence-electron chi connectivity index (χ4n) is 1.64. The first-order valence-electron chi connectivity index (χ1n) is 5.27. The molecule has 88 valence electrons. The molecule has 0 aliphatic rings. The minimum absolute atomic E-state index is 0.267. The lowest BCUT2D eigenvalue weighted by atomic mass is 10.0. The Morgan fingerprint density at radius 3 is 2.65 bits per heavy atom. The zero-order chi connectivity index (χ0) is 12.3. The van der Waals surface area contributed by atoms with Crippen molar-refractivity contribution in [3.05, 3.63) is 64.1 Å². The van der Waals surface area contributed by atoms with Gasteiger partial charge in [-0.15, -0.1) is 0 Å². The summed E-state index contributed by atoms with van der Waals surface area (Å²) in [6.45, 7) is 0. The first-order valence-corrected chi connectivity index (χ1v) is 6.06. The van der Waals surface area contributed by atoms with Crippen LogP contribution in [0.1, 0.15) is 17.3 Å². The van der Waals surface area contributed by atoms with E-state index < -0.39 is 0 Å². The van der Waals surface area contributed by atoms with Crippen LogP contribution in [0.15, 0.2) is 47.1 Å². The monoisotopic (exact) mass is 294 g/mol. The van der Waals surface area contributed by atoms with Crippen LogP contribution in [0.4, 0.5) is 4.39 Å². The molecule has 1 unspecified atom stereocenters. The van der Waals surface area contributed by atoms with Crippen LogP contribution in [-0.2, 0) is 6.42 Å². The highest BCUT2D eigenvalue weighted by Gasteiger charge is 2.11. The number of nitrogens with zero attached hydrogens (tertiary/aromatic N) is 1. The topological polar surface area (TPSA) is 38.9 Å². The molecule has 0 aliphatic heterocycles. The lowest BCUT2D eigenvalue weighted by Gasteiger charge is -2.12. The van der Waals surface area contributed by atoms with Crippen molar-refractivity contribution in [2.24, 2.45) is 5.73 Å². The Hall–Kier alpha value is -1.26. The molecular formula is C13H12BrFN2. The summed E-state index contributed by atoms with van der Waals surface area (Å²) in [5, 5.41) is 0. The normalized spacial score (nSPS) is 12.4. The molecule has 2 aromatic rings. The molecule has 2 rings (SSSR count). The van der Waals surface area contributed by atoms with E-state index in [1.54, 1.807) is 24.4 Å². The van der Waals surface area contributed by atoms with E-state index in [2.05, 4.69) is 20.9 Å². The van der Waals surface area contributed by atoms with E-state index in [-0.39, 0.29) is 11.9 Å².